The monoisotopic (exact) mass is 669 g/mol. The Morgan fingerprint density at radius 3 is 2.27 bits per heavy atom. The van der Waals surface area contributed by atoms with Crippen molar-refractivity contribution in [3.63, 3.8) is 0 Å². The first kappa shape index (κ1) is 35.5. The molecule has 0 saturated carbocycles. The van der Waals surface area contributed by atoms with E-state index in [9.17, 15) is 33.0 Å². The lowest BCUT2D eigenvalue weighted by molar-refractivity contribution is -0.276. The van der Waals surface area contributed by atoms with Gasteiger partial charge in [-0.2, -0.15) is 13.2 Å². The number of halogens is 3. The number of amides is 2. The smallest absolute Gasteiger partial charge is 0.392 e. The molecule has 0 aromatic heterocycles. The molecule has 258 valence electrons. The highest BCUT2D eigenvalue weighted by atomic mass is 19.4. The first-order valence-corrected chi connectivity index (χ1v) is 16.1. The molecule has 0 aliphatic carbocycles. The number of nitrogens with zero attached hydrogens (tertiary/aromatic N) is 2. The van der Waals surface area contributed by atoms with Crippen LogP contribution in [0.25, 0.3) is 0 Å². The van der Waals surface area contributed by atoms with E-state index in [1.165, 1.54) is 0 Å². The summed E-state index contributed by atoms with van der Waals surface area (Å²) in [7, 11) is 1.94. The van der Waals surface area contributed by atoms with Crippen LogP contribution < -0.4 is 5.32 Å². The van der Waals surface area contributed by atoms with E-state index in [0.29, 0.717) is 29.1 Å². The molecule has 0 bridgehead atoms. The fourth-order valence-corrected chi connectivity index (χ4v) is 6.34. The first-order chi connectivity index (χ1) is 22.9. The van der Waals surface area contributed by atoms with Gasteiger partial charge in [0.2, 0.25) is 5.91 Å². The minimum absolute atomic E-state index is 0.0809. The molecule has 2 fully saturated rings. The van der Waals surface area contributed by atoms with Gasteiger partial charge in [0.1, 0.15) is 6.04 Å². The van der Waals surface area contributed by atoms with Crippen LogP contribution in [0.4, 0.5) is 18.9 Å². The second-order valence-corrected chi connectivity index (χ2v) is 12.6. The van der Waals surface area contributed by atoms with Gasteiger partial charge in [-0.05, 0) is 55.6 Å². The molecule has 3 aromatic carbocycles. The minimum Gasteiger partial charge on any atom is -0.392 e. The highest BCUT2D eigenvalue weighted by Gasteiger charge is 2.47. The van der Waals surface area contributed by atoms with Crippen LogP contribution in [0, 0.1) is 5.92 Å². The maximum atomic E-state index is 13.1. The highest BCUT2D eigenvalue weighted by molar-refractivity contribution is 5.98. The lowest BCUT2D eigenvalue weighted by Gasteiger charge is -2.43. The number of likely N-dealkylation sites (N-methyl/N-ethyl adjacent to an activating group) is 1. The predicted molar refractivity (Wildman–Crippen MR) is 172 cm³/mol. The molecular weight excluding hydrogens is 627 g/mol. The van der Waals surface area contributed by atoms with Gasteiger partial charge in [0.05, 0.1) is 24.9 Å². The summed E-state index contributed by atoms with van der Waals surface area (Å²) in [5.41, 5.74) is 3.52. The Labute approximate surface area is 278 Å². The molecule has 0 spiro atoms. The van der Waals surface area contributed by atoms with Crippen molar-refractivity contribution >= 4 is 17.5 Å². The Morgan fingerprint density at radius 1 is 1.00 bits per heavy atom. The van der Waals surface area contributed by atoms with Gasteiger partial charge in [-0.3, -0.25) is 14.5 Å². The van der Waals surface area contributed by atoms with Gasteiger partial charge in [-0.1, -0.05) is 73.7 Å². The molecule has 0 unspecified atom stereocenters. The van der Waals surface area contributed by atoms with Crippen molar-refractivity contribution in [1.29, 1.82) is 0 Å². The molecule has 7 atom stereocenters. The van der Waals surface area contributed by atoms with Gasteiger partial charge >= 0.3 is 12.1 Å². The van der Waals surface area contributed by atoms with Crippen LogP contribution in [0.2, 0.25) is 0 Å². The quantitative estimate of drug-likeness (QED) is 0.261. The average Bonchev–Trinajstić information content (AvgIpc) is 3.59. The van der Waals surface area contributed by atoms with Crippen molar-refractivity contribution in [2.45, 2.75) is 76.2 Å². The van der Waals surface area contributed by atoms with Crippen LogP contribution in [0.1, 0.15) is 67.4 Å². The zero-order valence-electron chi connectivity index (χ0n) is 27.1. The number of aliphatic hydroxyl groups excluding tert-OH is 2. The van der Waals surface area contributed by atoms with Crippen molar-refractivity contribution < 1.29 is 42.4 Å². The summed E-state index contributed by atoms with van der Waals surface area (Å²) in [5, 5.41) is 23.3. The van der Waals surface area contributed by atoms with Gasteiger partial charge in [-0.25, -0.2) is 0 Å². The topological polar surface area (TPSA) is 112 Å². The van der Waals surface area contributed by atoms with E-state index in [2.05, 4.69) is 10.2 Å². The largest absolute Gasteiger partial charge is 0.471 e. The normalized spacial score (nSPS) is 24.4. The van der Waals surface area contributed by atoms with E-state index in [1.807, 2.05) is 75.5 Å². The van der Waals surface area contributed by atoms with Gasteiger partial charge < -0.3 is 29.9 Å². The molecular formula is C36H42F3N3O6. The third-order valence-electron chi connectivity index (χ3n) is 9.39. The molecule has 2 aliphatic heterocycles. The number of nitrogens with one attached hydrogen (secondary N) is 1. The summed E-state index contributed by atoms with van der Waals surface area (Å²) in [6.45, 7) is 4.28. The zero-order chi connectivity index (χ0) is 34.6. The summed E-state index contributed by atoms with van der Waals surface area (Å²) in [4.78, 5) is 27.4. The Kier molecular flexibility index (Phi) is 11.2. The third-order valence-corrected chi connectivity index (χ3v) is 9.39. The summed E-state index contributed by atoms with van der Waals surface area (Å²) in [5.74, 6) is -2.80. The Balaban J connectivity index is 1.32. The fraction of sp³-hybridized carbons (Fsp3) is 0.444. The molecule has 48 heavy (non-hydrogen) atoms. The second-order valence-electron chi connectivity index (χ2n) is 12.6. The SMILES string of the molecule is C[C@H]1[C@@H](CN(C)[C@@H](C)[C@H](O)c2ccccc2)O[C@@H](c2ccc(NC(=O)[C@@H]3CCCN3C(=O)C(F)(F)F)cc2)O[C@H]1c1ccc(CO)cc1. The van der Waals surface area contributed by atoms with E-state index in [0.717, 1.165) is 16.7 Å². The van der Waals surface area contributed by atoms with Crippen molar-refractivity contribution in [2.75, 3.05) is 25.5 Å². The van der Waals surface area contributed by atoms with Crippen LogP contribution in [-0.2, 0) is 25.7 Å². The number of carbonyl (C=O) groups is 2. The molecule has 12 heteroatoms. The number of hydrogen-bond acceptors (Lipinski definition) is 7. The van der Waals surface area contributed by atoms with Crippen LogP contribution in [0.15, 0.2) is 78.9 Å². The Bertz CT molecular complexity index is 1520. The summed E-state index contributed by atoms with van der Waals surface area (Å²) < 4.78 is 52.2. The van der Waals surface area contributed by atoms with Gasteiger partial charge in [0.15, 0.2) is 6.29 Å². The van der Waals surface area contributed by atoms with Crippen molar-refractivity contribution in [3.05, 3.63) is 101 Å². The predicted octanol–water partition coefficient (Wildman–Crippen LogP) is 5.52. The lowest BCUT2D eigenvalue weighted by Crippen LogP contribution is -2.48. The third kappa shape index (κ3) is 8.07. The maximum Gasteiger partial charge on any atom is 0.471 e. The van der Waals surface area contributed by atoms with Crippen LogP contribution in [0.3, 0.4) is 0 Å². The number of anilines is 1. The van der Waals surface area contributed by atoms with Gasteiger partial charge in [0.25, 0.3) is 0 Å². The number of aliphatic hydroxyl groups is 2. The molecule has 3 N–H and O–H groups in total. The number of alkyl halides is 3. The van der Waals surface area contributed by atoms with Crippen LogP contribution >= 0.6 is 0 Å². The van der Waals surface area contributed by atoms with Crippen molar-refractivity contribution in [3.8, 4) is 0 Å². The minimum atomic E-state index is -5.05. The van der Waals surface area contributed by atoms with E-state index in [1.54, 1.807) is 24.3 Å². The Morgan fingerprint density at radius 2 is 1.65 bits per heavy atom. The van der Waals surface area contributed by atoms with E-state index in [-0.39, 0.29) is 43.7 Å². The number of carbonyl (C=O) groups excluding carboxylic acids is 2. The molecule has 5 rings (SSSR count). The highest BCUT2D eigenvalue weighted by Crippen LogP contribution is 2.42. The van der Waals surface area contributed by atoms with Gasteiger partial charge in [-0.15, -0.1) is 0 Å². The number of rotatable bonds is 10. The zero-order valence-corrected chi connectivity index (χ0v) is 27.1. The number of likely N-dealkylation sites (tertiary alicyclic amines) is 1. The molecule has 3 aromatic rings. The summed E-state index contributed by atoms with van der Waals surface area (Å²) in [6.07, 6.45) is -6.80. The van der Waals surface area contributed by atoms with Crippen LogP contribution in [0.5, 0.6) is 0 Å². The van der Waals surface area contributed by atoms with E-state index in [4.69, 9.17) is 9.47 Å². The lowest BCUT2D eigenvalue weighted by atomic mass is 9.89. The fourth-order valence-electron chi connectivity index (χ4n) is 6.34. The molecule has 0 radical (unpaired) electrons. The first-order valence-electron chi connectivity index (χ1n) is 16.1. The van der Waals surface area contributed by atoms with E-state index >= 15 is 0 Å². The summed E-state index contributed by atoms with van der Waals surface area (Å²) in [6, 6.07) is 22.3. The van der Waals surface area contributed by atoms with Gasteiger partial charge in [0, 0.05) is 36.3 Å². The molecule has 2 saturated heterocycles. The number of ether oxygens (including phenoxy) is 2. The Hall–Kier alpha value is -3.81. The van der Waals surface area contributed by atoms with Crippen molar-refractivity contribution in [2.24, 2.45) is 5.92 Å². The van der Waals surface area contributed by atoms with Crippen LogP contribution in [-0.4, -0.2) is 76.3 Å². The molecule has 2 amide bonds. The molecule has 2 aliphatic rings. The molecule has 9 nitrogen and oxygen atoms in total. The number of benzene rings is 3. The second kappa shape index (κ2) is 15.2. The summed E-state index contributed by atoms with van der Waals surface area (Å²) >= 11 is 0. The standard InChI is InChI=1S/C36H42F3N3O6/c1-22-30(20-41(3)23(2)31(44)25-8-5-4-6-9-25)47-34(48-32(22)26-13-11-24(21-43)12-14-26)27-15-17-28(18-16-27)40-33(45)29-10-7-19-42(29)35(46)36(37,38)39/h4-6,8-9,11-18,22-23,29-32,34,43-44H,7,10,19-21H2,1-3H3,(H,40,45)/t22-,23-,29-,30+,31-,32+,34+/m0/s1. The van der Waals surface area contributed by atoms with Crippen molar-refractivity contribution in [1.82, 2.24) is 9.80 Å². The average molecular weight is 670 g/mol. The maximum absolute atomic E-state index is 13.1. The molecule has 2 heterocycles. The van der Waals surface area contributed by atoms with E-state index < -0.39 is 36.4 Å². The number of hydrogen-bond donors (Lipinski definition) is 3.